The minimum absolute atomic E-state index is 0.576. The van der Waals surface area contributed by atoms with Crippen molar-refractivity contribution >= 4 is 0 Å². The molecule has 108 valence electrons. The van der Waals surface area contributed by atoms with Gasteiger partial charge in [0, 0.05) is 6.61 Å². The van der Waals surface area contributed by atoms with Crippen molar-refractivity contribution in [3.05, 3.63) is 0 Å². The van der Waals surface area contributed by atoms with Crippen LogP contribution in [0.2, 0.25) is 0 Å². The second-order valence-electron chi connectivity index (χ2n) is 6.57. The first-order chi connectivity index (χ1) is 8.59. The lowest BCUT2D eigenvalue weighted by Crippen LogP contribution is -2.28. The molecular weight excluding hydrogens is 222 g/mol. The van der Waals surface area contributed by atoms with Crippen molar-refractivity contribution in [1.29, 1.82) is 0 Å². The SMILES string of the molecule is CC(C)CNCC(C)C(C)CCCC1CCCO1. The lowest BCUT2D eigenvalue weighted by Gasteiger charge is -2.21. The summed E-state index contributed by atoms with van der Waals surface area (Å²) in [5.74, 6) is 2.37. The third-order valence-electron chi connectivity index (χ3n) is 4.20. The van der Waals surface area contributed by atoms with Crippen LogP contribution in [0.5, 0.6) is 0 Å². The van der Waals surface area contributed by atoms with E-state index in [1.54, 1.807) is 0 Å². The summed E-state index contributed by atoms with van der Waals surface area (Å²) >= 11 is 0. The molecule has 1 heterocycles. The second kappa shape index (κ2) is 8.92. The maximum atomic E-state index is 5.67. The van der Waals surface area contributed by atoms with Crippen LogP contribution >= 0.6 is 0 Å². The first-order valence-corrected chi connectivity index (χ1v) is 7.92. The van der Waals surface area contributed by atoms with E-state index in [0.717, 1.165) is 30.9 Å². The van der Waals surface area contributed by atoms with Crippen molar-refractivity contribution in [1.82, 2.24) is 5.32 Å². The predicted octanol–water partition coefficient (Wildman–Crippen LogP) is 3.85. The van der Waals surface area contributed by atoms with E-state index in [1.807, 2.05) is 0 Å². The van der Waals surface area contributed by atoms with Crippen molar-refractivity contribution in [2.75, 3.05) is 19.7 Å². The van der Waals surface area contributed by atoms with Gasteiger partial charge in [0.05, 0.1) is 6.10 Å². The summed E-state index contributed by atoms with van der Waals surface area (Å²) in [7, 11) is 0. The summed E-state index contributed by atoms with van der Waals surface area (Å²) in [5, 5.41) is 3.57. The molecule has 0 radical (unpaired) electrons. The van der Waals surface area contributed by atoms with Crippen LogP contribution in [0, 0.1) is 17.8 Å². The van der Waals surface area contributed by atoms with Gasteiger partial charge >= 0.3 is 0 Å². The molecule has 1 aliphatic rings. The van der Waals surface area contributed by atoms with Gasteiger partial charge in [0.2, 0.25) is 0 Å². The first kappa shape index (κ1) is 16.0. The molecule has 0 saturated carbocycles. The highest BCUT2D eigenvalue weighted by Gasteiger charge is 2.17. The zero-order valence-electron chi connectivity index (χ0n) is 12.9. The number of nitrogens with one attached hydrogen (secondary N) is 1. The van der Waals surface area contributed by atoms with E-state index in [1.165, 1.54) is 38.6 Å². The number of ether oxygens (including phenoxy) is 1. The smallest absolute Gasteiger partial charge is 0.0576 e. The number of hydrogen-bond donors (Lipinski definition) is 1. The third kappa shape index (κ3) is 6.75. The van der Waals surface area contributed by atoms with E-state index in [2.05, 4.69) is 33.0 Å². The van der Waals surface area contributed by atoms with Crippen LogP contribution in [0.3, 0.4) is 0 Å². The van der Waals surface area contributed by atoms with Gasteiger partial charge in [-0.05, 0) is 50.1 Å². The van der Waals surface area contributed by atoms with Gasteiger partial charge in [-0.1, -0.05) is 40.5 Å². The standard InChI is InChI=1S/C16H33NO/c1-13(2)11-17-12-15(4)14(3)7-5-8-16-9-6-10-18-16/h13-17H,5-12H2,1-4H3. The minimum Gasteiger partial charge on any atom is -0.378 e. The van der Waals surface area contributed by atoms with Crippen LogP contribution in [0.4, 0.5) is 0 Å². The monoisotopic (exact) mass is 255 g/mol. The fourth-order valence-corrected chi connectivity index (χ4v) is 2.62. The van der Waals surface area contributed by atoms with Crippen LogP contribution < -0.4 is 5.32 Å². The fraction of sp³-hybridized carbons (Fsp3) is 1.00. The predicted molar refractivity (Wildman–Crippen MR) is 78.9 cm³/mol. The summed E-state index contributed by atoms with van der Waals surface area (Å²) in [4.78, 5) is 0. The zero-order valence-corrected chi connectivity index (χ0v) is 12.9. The van der Waals surface area contributed by atoms with Gasteiger partial charge in [-0.25, -0.2) is 0 Å². The van der Waals surface area contributed by atoms with E-state index in [0.29, 0.717) is 6.10 Å². The molecule has 1 fully saturated rings. The number of hydrogen-bond acceptors (Lipinski definition) is 2. The van der Waals surface area contributed by atoms with Crippen molar-refractivity contribution in [2.45, 2.75) is 65.9 Å². The Balaban J connectivity index is 2.01. The fourth-order valence-electron chi connectivity index (χ4n) is 2.62. The van der Waals surface area contributed by atoms with Crippen LogP contribution in [0.15, 0.2) is 0 Å². The van der Waals surface area contributed by atoms with E-state index < -0.39 is 0 Å². The summed E-state index contributed by atoms with van der Waals surface area (Å²) in [6, 6.07) is 0. The lowest BCUT2D eigenvalue weighted by molar-refractivity contribution is 0.100. The molecule has 3 unspecified atom stereocenters. The van der Waals surface area contributed by atoms with Crippen molar-refractivity contribution < 1.29 is 4.74 Å². The summed E-state index contributed by atoms with van der Waals surface area (Å²) in [6.07, 6.45) is 7.10. The third-order valence-corrected chi connectivity index (χ3v) is 4.20. The van der Waals surface area contributed by atoms with Crippen molar-refractivity contribution in [3.63, 3.8) is 0 Å². The highest BCUT2D eigenvalue weighted by Crippen LogP contribution is 2.22. The Labute approximate surface area is 114 Å². The molecule has 0 spiro atoms. The van der Waals surface area contributed by atoms with Gasteiger partial charge < -0.3 is 10.1 Å². The maximum Gasteiger partial charge on any atom is 0.0576 e. The zero-order chi connectivity index (χ0) is 13.4. The molecule has 0 aromatic rings. The normalized spacial score (nSPS) is 23.5. The lowest BCUT2D eigenvalue weighted by atomic mass is 9.90. The Morgan fingerprint density at radius 3 is 2.50 bits per heavy atom. The highest BCUT2D eigenvalue weighted by molar-refractivity contribution is 4.69. The molecule has 0 bridgehead atoms. The van der Waals surface area contributed by atoms with Crippen molar-refractivity contribution in [2.24, 2.45) is 17.8 Å². The van der Waals surface area contributed by atoms with E-state index in [4.69, 9.17) is 4.74 Å². The van der Waals surface area contributed by atoms with Crippen LogP contribution in [0.1, 0.15) is 59.8 Å². The van der Waals surface area contributed by atoms with Gasteiger partial charge in [-0.2, -0.15) is 0 Å². The topological polar surface area (TPSA) is 21.3 Å². The Kier molecular flexibility index (Phi) is 7.92. The molecule has 1 aliphatic heterocycles. The van der Waals surface area contributed by atoms with Crippen LogP contribution in [-0.4, -0.2) is 25.8 Å². The van der Waals surface area contributed by atoms with Crippen molar-refractivity contribution in [3.8, 4) is 0 Å². The molecule has 0 aromatic heterocycles. The average molecular weight is 255 g/mol. The Morgan fingerprint density at radius 1 is 1.11 bits per heavy atom. The van der Waals surface area contributed by atoms with Gasteiger partial charge in [0.1, 0.15) is 0 Å². The molecule has 1 rings (SSSR count). The largest absolute Gasteiger partial charge is 0.378 e. The van der Waals surface area contributed by atoms with Gasteiger partial charge in [0.15, 0.2) is 0 Å². The molecule has 0 aromatic carbocycles. The first-order valence-electron chi connectivity index (χ1n) is 7.92. The van der Waals surface area contributed by atoms with Crippen LogP contribution in [-0.2, 0) is 4.74 Å². The van der Waals surface area contributed by atoms with E-state index >= 15 is 0 Å². The van der Waals surface area contributed by atoms with E-state index in [9.17, 15) is 0 Å². The molecule has 2 heteroatoms. The maximum absolute atomic E-state index is 5.67. The molecule has 3 atom stereocenters. The Bertz CT molecular complexity index is 199. The molecule has 18 heavy (non-hydrogen) atoms. The second-order valence-corrected chi connectivity index (χ2v) is 6.57. The molecule has 2 nitrogen and oxygen atoms in total. The molecule has 1 saturated heterocycles. The van der Waals surface area contributed by atoms with E-state index in [-0.39, 0.29) is 0 Å². The Hall–Kier alpha value is -0.0800. The highest BCUT2D eigenvalue weighted by atomic mass is 16.5. The number of rotatable bonds is 9. The summed E-state index contributed by atoms with van der Waals surface area (Å²) in [6.45, 7) is 12.6. The van der Waals surface area contributed by atoms with Gasteiger partial charge in [-0.15, -0.1) is 0 Å². The summed E-state index contributed by atoms with van der Waals surface area (Å²) < 4.78 is 5.67. The molecule has 1 N–H and O–H groups in total. The quantitative estimate of drug-likeness (QED) is 0.675. The van der Waals surface area contributed by atoms with Gasteiger partial charge in [-0.3, -0.25) is 0 Å². The summed E-state index contributed by atoms with van der Waals surface area (Å²) in [5.41, 5.74) is 0. The average Bonchev–Trinajstić information content (AvgIpc) is 2.81. The van der Waals surface area contributed by atoms with Crippen LogP contribution in [0.25, 0.3) is 0 Å². The minimum atomic E-state index is 0.576. The molecule has 0 amide bonds. The Morgan fingerprint density at radius 2 is 1.89 bits per heavy atom. The van der Waals surface area contributed by atoms with Gasteiger partial charge in [0.25, 0.3) is 0 Å². The molecular formula is C16H33NO. The molecule has 0 aliphatic carbocycles.